The van der Waals surface area contributed by atoms with Crippen LogP contribution in [0.15, 0.2) is 24.3 Å². The van der Waals surface area contributed by atoms with Crippen molar-refractivity contribution in [3.05, 3.63) is 29.8 Å². The Morgan fingerprint density at radius 2 is 1.74 bits per heavy atom. The number of carboxylic acid groups (broad SMARTS) is 1. The first-order valence-electron chi connectivity index (χ1n) is 11.8. The molecule has 0 spiro atoms. The molecule has 0 aliphatic heterocycles. The first-order chi connectivity index (χ1) is 16.6. The molecule has 200 valence electrons. The lowest BCUT2D eigenvalue weighted by atomic mass is 10.1. The fourth-order valence-corrected chi connectivity index (χ4v) is 3.00. The Morgan fingerprint density at radius 1 is 1.09 bits per heavy atom. The Bertz CT molecular complexity index is 746. The predicted molar refractivity (Wildman–Crippen MR) is 125 cm³/mol. The summed E-state index contributed by atoms with van der Waals surface area (Å²) in [6, 6.07) is 6.62. The molecular formula is C24H37F3N2O6. The minimum atomic E-state index is -4.21. The summed E-state index contributed by atoms with van der Waals surface area (Å²) in [5.41, 5.74) is 0.787. The number of benzene rings is 1. The second-order valence-electron chi connectivity index (χ2n) is 8.06. The van der Waals surface area contributed by atoms with Crippen LogP contribution in [0.5, 0.6) is 5.75 Å². The number of hydrogen-bond donors (Lipinski definition) is 2. The lowest BCUT2D eigenvalue weighted by Crippen LogP contribution is -2.46. The van der Waals surface area contributed by atoms with Crippen molar-refractivity contribution in [1.82, 2.24) is 10.2 Å². The van der Waals surface area contributed by atoms with Crippen LogP contribution in [0, 0.1) is 0 Å². The van der Waals surface area contributed by atoms with Crippen molar-refractivity contribution in [2.24, 2.45) is 0 Å². The van der Waals surface area contributed by atoms with Gasteiger partial charge in [0.2, 0.25) is 0 Å². The highest BCUT2D eigenvalue weighted by atomic mass is 19.4. The van der Waals surface area contributed by atoms with Gasteiger partial charge in [0.25, 0.3) is 0 Å². The maximum Gasteiger partial charge on any atom is 0.389 e. The second-order valence-corrected chi connectivity index (χ2v) is 8.06. The summed E-state index contributed by atoms with van der Waals surface area (Å²) < 4.78 is 52.9. The fourth-order valence-electron chi connectivity index (χ4n) is 3.00. The van der Waals surface area contributed by atoms with Crippen molar-refractivity contribution in [2.45, 2.75) is 64.8 Å². The van der Waals surface area contributed by atoms with Gasteiger partial charge in [-0.1, -0.05) is 19.1 Å². The minimum Gasteiger partial charge on any atom is -0.492 e. The number of nitrogens with zero attached hydrogens (tertiary/aromatic N) is 1. The van der Waals surface area contributed by atoms with E-state index in [0.717, 1.165) is 12.0 Å². The van der Waals surface area contributed by atoms with Gasteiger partial charge >= 0.3 is 18.2 Å². The molecule has 0 saturated carbocycles. The molecule has 1 rings (SSSR count). The zero-order valence-corrected chi connectivity index (χ0v) is 20.6. The Labute approximate surface area is 204 Å². The van der Waals surface area contributed by atoms with E-state index in [1.54, 1.807) is 31.2 Å². The number of carbonyl (C=O) groups excluding carboxylic acids is 1. The quantitative estimate of drug-likeness (QED) is 0.307. The topological polar surface area (TPSA) is 97.3 Å². The van der Waals surface area contributed by atoms with E-state index in [1.807, 2.05) is 13.8 Å². The first-order valence-corrected chi connectivity index (χ1v) is 11.8. The van der Waals surface area contributed by atoms with Crippen LogP contribution in [0.25, 0.3) is 0 Å². The Kier molecular flexibility index (Phi) is 14.1. The lowest BCUT2D eigenvalue weighted by Gasteiger charge is -2.25. The highest BCUT2D eigenvalue weighted by Crippen LogP contribution is 2.21. The van der Waals surface area contributed by atoms with E-state index in [4.69, 9.17) is 14.2 Å². The van der Waals surface area contributed by atoms with E-state index in [2.05, 4.69) is 5.32 Å². The molecule has 0 aromatic heterocycles. The van der Waals surface area contributed by atoms with Crippen molar-refractivity contribution in [3.8, 4) is 5.75 Å². The van der Waals surface area contributed by atoms with Crippen LogP contribution >= 0.6 is 0 Å². The molecule has 0 aliphatic rings. The third-order valence-corrected chi connectivity index (χ3v) is 5.14. The maximum atomic E-state index is 12.6. The van der Waals surface area contributed by atoms with Gasteiger partial charge in [0.05, 0.1) is 13.2 Å². The molecule has 1 aromatic carbocycles. The molecule has 35 heavy (non-hydrogen) atoms. The molecule has 1 aromatic rings. The van der Waals surface area contributed by atoms with Crippen LogP contribution in [0.1, 0.15) is 45.6 Å². The van der Waals surface area contributed by atoms with Crippen LogP contribution in [0.2, 0.25) is 0 Å². The van der Waals surface area contributed by atoms with Gasteiger partial charge in [-0.3, -0.25) is 0 Å². The average Bonchev–Trinajstić information content (AvgIpc) is 2.79. The van der Waals surface area contributed by atoms with E-state index in [0.29, 0.717) is 12.4 Å². The van der Waals surface area contributed by atoms with E-state index in [-0.39, 0.29) is 57.8 Å². The number of aliphatic carboxylic acids is 1. The number of urea groups is 1. The Hall–Kier alpha value is -2.53. The van der Waals surface area contributed by atoms with Crippen molar-refractivity contribution in [1.29, 1.82) is 0 Å². The monoisotopic (exact) mass is 506 g/mol. The van der Waals surface area contributed by atoms with Gasteiger partial charge < -0.3 is 29.5 Å². The molecule has 0 radical (unpaired) electrons. The predicted octanol–water partition coefficient (Wildman–Crippen LogP) is 4.27. The first kappa shape index (κ1) is 30.5. The van der Waals surface area contributed by atoms with Gasteiger partial charge in [-0.2, -0.15) is 13.2 Å². The highest BCUT2D eigenvalue weighted by molar-refractivity contribution is 5.74. The van der Waals surface area contributed by atoms with Gasteiger partial charge in [0.15, 0.2) is 6.10 Å². The molecule has 2 N–H and O–H groups in total. The number of nitrogens with one attached hydrogen (secondary N) is 1. The maximum absolute atomic E-state index is 12.6. The van der Waals surface area contributed by atoms with E-state index < -0.39 is 24.7 Å². The number of carboxylic acids is 1. The summed E-state index contributed by atoms with van der Waals surface area (Å²) in [5, 5.41) is 12.1. The molecule has 8 nitrogen and oxygen atoms in total. The molecular weight excluding hydrogens is 469 g/mol. The van der Waals surface area contributed by atoms with Crippen molar-refractivity contribution in [3.63, 3.8) is 0 Å². The van der Waals surface area contributed by atoms with Gasteiger partial charge in [-0.15, -0.1) is 0 Å². The van der Waals surface area contributed by atoms with E-state index >= 15 is 0 Å². The summed E-state index contributed by atoms with van der Waals surface area (Å²) in [6.45, 7) is 6.60. The Balaban J connectivity index is 2.54. The number of halogens is 3. The van der Waals surface area contributed by atoms with Crippen molar-refractivity contribution in [2.75, 3.05) is 39.5 Å². The molecule has 2 amide bonds. The zero-order chi connectivity index (χ0) is 26.3. The molecule has 0 bridgehead atoms. The molecule has 2 atom stereocenters. The van der Waals surface area contributed by atoms with Gasteiger partial charge in [0, 0.05) is 38.6 Å². The van der Waals surface area contributed by atoms with Crippen LogP contribution in [-0.4, -0.2) is 79.8 Å². The molecule has 2 unspecified atom stereocenters. The summed E-state index contributed by atoms with van der Waals surface area (Å²) in [5.74, 6) is -0.463. The minimum absolute atomic E-state index is 0.0301. The number of amides is 2. The third-order valence-electron chi connectivity index (χ3n) is 5.14. The summed E-state index contributed by atoms with van der Waals surface area (Å²) in [6.07, 6.45) is -5.17. The number of carbonyl (C=O) groups is 2. The van der Waals surface area contributed by atoms with Gasteiger partial charge in [0.1, 0.15) is 12.4 Å². The largest absolute Gasteiger partial charge is 0.492 e. The number of rotatable bonds is 17. The number of hydrogen-bond acceptors (Lipinski definition) is 5. The molecule has 0 aliphatic carbocycles. The third kappa shape index (κ3) is 13.8. The molecule has 0 saturated heterocycles. The average molecular weight is 507 g/mol. The van der Waals surface area contributed by atoms with Crippen LogP contribution in [0.4, 0.5) is 18.0 Å². The van der Waals surface area contributed by atoms with Crippen LogP contribution in [0.3, 0.4) is 0 Å². The lowest BCUT2D eigenvalue weighted by molar-refractivity contribution is -0.150. The number of ether oxygens (including phenoxy) is 3. The van der Waals surface area contributed by atoms with E-state index in [1.165, 1.54) is 4.90 Å². The van der Waals surface area contributed by atoms with Crippen molar-refractivity contribution >= 4 is 12.0 Å². The second kappa shape index (κ2) is 16.2. The van der Waals surface area contributed by atoms with Gasteiger partial charge in [-0.25, -0.2) is 9.59 Å². The smallest absolute Gasteiger partial charge is 0.389 e. The molecule has 11 heteroatoms. The zero-order valence-electron chi connectivity index (χ0n) is 20.6. The summed E-state index contributed by atoms with van der Waals surface area (Å²) >= 11 is 0. The van der Waals surface area contributed by atoms with Crippen LogP contribution in [-0.2, 0) is 20.7 Å². The Morgan fingerprint density at radius 3 is 2.31 bits per heavy atom. The van der Waals surface area contributed by atoms with Crippen LogP contribution < -0.4 is 10.1 Å². The summed E-state index contributed by atoms with van der Waals surface area (Å²) in [4.78, 5) is 25.3. The normalized spacial score (nSPS) is 13.2. The standard InChI is InChI=1S/C24H37F3N2O6/c1-4-18(3)28-23(32)29(12-15-33-14-6-11-24(25,26)27)13-16-35-20-9-7-19(8-10-20)17-21(22(30)31)34-5-2/h7-10,18,21H,4-6,11-17H2,1-3H3,(H,28,32)(H,30,31). The van der Waals surface area contributed by atoms with Crippen molar-refractivity contribution < 1.29 is 42.1 Å². The molecule has 0 fully saturated rings. The SMILES string of the molecule is CCOC(Cc1ccc(OCCN(CCOCCCC(F)(F)F)C(=O)NC(C)CC)cc1)C(=O)O. The van der Waals surface area contributed by atoms with Gasteiger partial charge in [-0.05, 0) is 44.4 Å². The van der Waals surface area contributed by atoms with E-state index in [9.17, 15) is 27.9 Å². The highest BCUT2D eigenvalue weighted by Gasteiger charge is 2.26. The summed E-state index contributed by atoms with van der Waals surface area (Å²) in [7, 11) is 0. The number of alkyl halides is 3. The fraction of sp³-hybridized carbons (Fsp3) is 0.667. The molecule has 0 heterocycles.